The van der Waals surface area contributed by atoms with Crippen LogP contribution in [0.4, 0.5) is 0 Å². The molecule has 1 aliphatic carbocycles. The minimum absolute atomic E-state index is 0.942. The van der Waals surface area contributed by atoms with Crippen molar-refractivity contribution in [3.8, 4) is 0 Å². The summed E-state index contributed by atoms with van der Waals surface area (Å²) in [6.07, 6.45) is 6.96. The van der Waals surface area contributed by atoms with Crippen molar-refractivity contribution < 1.29 is 0 Å². The summed E-state index contributed by atoms with van der Waals surface area (Å²) in [6.45, 7) is 0. The lowest BCUT2D eigenvalue weighted by Gasteiger charge is -2.04. The first-order valence-electron chi connectivity index (χ1n) is 4.32. The van der Waals surface area contributed by atoms with E-state index in [2.05, 4.69) is 10.4 Å². The normalized spacial score (nSPS) is 19.3. The van der Waals surface area contributed by atoms with E-state index in [1.165, 1.54) is 37.8 Å². The lowest BCUT2D eigenvalue weighted by molar-refractivity contribution is 0.540. The van der Waals surface area contributed by atoms with E-state index >= 15 is 0 Å². The smallest absolute Gasteiger partial charge is 0.0794 e. The fourth-order valence-corrected chi connectivity index (χ4v) is 2.42. The molecule has 1 aromatic heterocycles. The second-order valence-corrected chi connectivity index (χ2v) is 4.05. The highest BCUT2D eigenvalue weighted by Crippen LogP contribution is 2.27. The van der Waals surface area contributed by atoms with Crippen molar-refractivity contribution in [2.45, 2.75) is 32.1 Å². The summed E-state index contributed by atoms with van der Waals surface area (Å²) < 4.78 is 0. The SMILES string of the molecule is c1nc(CC2CCCC2)cs1. The minimum atomic E-state index is 0.942. The van der Waals surface area contributed by atoms with E-state index in [1.807, 2.05) is 5.51 Å². The van der Waals surface area contributed by atoms with Gasteiger partial charge in [0.05, 0.1) is 11.2 Å². The predicted octanol–water partition coefficient (Wildman–Crippen LogP) is 2.88. The van der Waals surface area contributed by atoms with Crippen LogP contribution >= 0.6 is 11.3 Å². The van der Waals surface area contributed by atoms with Crippen LogP contribution in [0, 0.1) is 5.92 Å². The number of aromatic nitrogens is 1. The van der Waals surface area contributed by atoms with Crippen LogP contribution in [0.15, 0.2) is 10.9 Å². The zero-order chi connectivity index (χ0) is 7.52. The quantitative estimate of drug-likeness (QED) is 0.660. The maximum Gasteiger partial charge on any atom is 0.0794 e. The van der Waals surface area contributed by atoms with Gasteiger partial charge in [-0.15, -0.1) is 11.3 Å². The summed E-state index contributed by atoms with van der Waals surface area (Å²) in [5.41, 5.74) is 3.24. The zero-order valence-corrected chi connectivity index (χ0v) is 7.44. The Labute approximate surface area is 71.5 Å². The van der Waals surface area contributed by atoms with Crippen LogP contribution in [0.5, 0.6) is 0 Å². The summed E-state index contributed by atoms with van der Waals surface area (Å²) in [4.78, 5) is 4.30. The second kappa shape index (κ2) is 3.35. The van der Waals surface area contributed by atoms with Gasteiger partial charge in [-0.05, 0) is 12.3 Å². The molecule has 0 spiro atoms. The first kappa shape index (κ1) is 7.29. The van der Waals surface area contributed by atoms with E-state index in [9.17, 15) is 0 Å². The van der Waals surface area contributed by atoms with Crippen molar-refractivity contribution in [1.82, 2.24) is 4.98 Å². The van der Waals surface area contributed by atoms with Crippen molar-refractivity contribution in [2.24, 2.45) is 5.92 Å². The average molecular weight is 167 g/mol. The lowest BCUT2D eigenvalue weighted by Crippen LogP contribution is -1.98. The molecule has 0 unspecified atom stereocenters. The van der Waals surface area contributed by atoms with Gasteiger partial charge in [0.15, 0.2) is 0 Å². The molecule has 2 heteroatoms. The third-order valence-electron chi connectivity index (χ3n) is 2.46. The molecule has 60 valence electrons. The fraction of sp³-hybridized carbons (Fsp3) is 0.667. The maximum atomic E-state index is 4.30. The van der Waals surface area contributed by atoms with Gasteiger partial charge in [-0.2, -0.15) is 0 Å². The first-order valence-corrected chi connectivity index (χ1v) is 5.26. The molecule has 0 N–H and O–H groups in total. The van der Waals surface area contributed by atoms with Crippen molar-refractivity contribution in [2.75, 3.05) is 0 Å². The molecule has 0 radical (unpaired) electrons. The van der Waals surface area contributed by atoms with Crippen LogP contribution in [0.25, 0.3) is 0 Å². The fourth-order valence-electron chi connectivity index (χ4n) is 1.85. The Bertz CT molecular complexity index is 199. The number of hydrogen-bond acceptors (Lipinski definition) is 2. The topological polar surface area (TPSA) is 12.9 Å². The first-order chi connectivity index (χ1) is 5.45. The molecule has 1 aromatic rings. The van der Waals surface area contributed by atoms with Crippen molar-refractivity contribution in [3.05, 3.63) is 16.6 Å². The molecular weight excluding hydrogens is 154 g/mol. The van der Waals surface area contributed by atoms with Gasteiger partial charge in [0.2, 0.25) is 0 Å². The van der Waals surface area contributed by atoms with Crippen molar-refractivity contribution >= 4 is 11.3 Å². The predicted molar refractivity (Wildman–Crippen MR) is 47.8 cm³/mol. The molecule has 0 atom stereocenters. The summed E-state index contributed by atoms with van der Waals surface area (Å²) in [6, 6.07) is 0. The Morgan fingerprint density at radius 2 is 2.27 bits per heavy atom. The molecule has 0 aliphatic heterocycles. The lowest BCUT2D eigenvalue weighted by atomic mass is 10.0. The highest BCUT2D eigenvalue weighted by atomic mass is 32.1. The molecule has 0 amide bonds. The standard InChI is InChI=1S/C9H13NS/c1-2-4-8(3-1)5-9-6-11-7-10-9/h6-8H,1-5H2. The van der Waals surface area contributed by atoms with Gasteiger partial charge in [0.1, 0.15) is 0 Å². The van der Waals surface area contributed by atoms with Crippen LogP contribution < -0.4 is 0 Å². The maximum absolute atomic E-state index is 4.30. The zero-order valence-electron chi connectivity index (χ0n) is 6.62. The number of hydrogen-bond donors (Lipinski definition) is 0. The van der Waals surface area contributed by atoms with Crippen LogP contribution in [0.3, 0.4) is 0 Å². The summed E-state index contributed by atoms with van der Waals surface area (Å²) in [7, 11) is 0. The molecule has 0 aromatic carbocycles. The molecular formula is C9H13NS. The van der Waals surface area contributed by atoms with E-state index in [4.69, 9.17) is 0 Å². The Morgan fingerprint density at radius 3 is 2.91 bits per heavy atom. The molecule has 0 saturated heterocycles. The van der Waals surface area contributed by atoms with E-state index in [-0.39, 0.29) is 0 Å². The van der Waals surface area contributed by atoms with Crippen LogP contribution in [0.2, 0.25) is 0 Å². The molecule has 1 nitrogen and oxygen atoms in total. The summed E-state index contributed by atoms with van der Waals surface area (Å²) >= 11 is 1.71. The second-order valence-electron chi connectivity index (χ2n) is 3.33. The molecule has 0 bridgehead atoms. The summed E-state index contributed by atoms with van der Waals surface area (Å²) in [5, 5.41) is 2.18. The molecule has 11 heavy (non-hydrogen) atoms. The van der Waals surface area contributed by atoms with E-state index < -0.39 is 0 Å². The average Bonchev–Trinajstić information content (AvgIpc) is 2.60. The summed E-state index contributed by atoms with van der Waals surface area (Å²) in [5.74, 6) is 0.942. The van der Waals surface area contributed by atoms with Gasteiger partial charge in [-0.25, -0.2) is 4.98 Å². The minimum Gasteiger partial charge on any atom is -0.250 e. The molecule has 1 aliphatic rings. The Morgan fingerprint density at radius 1 is 1.45 bits per heavy atom. The van der Waals surface area contributed by atoms with E-state index in [0.29, 0.717) is 0 Å². The Hall–Kier alpha value is -0.370. The third kappa shape index (κ3) is 1.80. The van der Waals surface area contributed by atoms with Gasteiger partial charge in [-0.1, -0.05) is 25.7 Å². The van der Waals surface area contributed by atoms with Crippen molar-refractivity contribution in [1.29, 1.82) is 0 Å². The van der Waals surface area contributed by atoms with Crippen LogP contribution in [-0.4, -0.2) is 4.98 Å². The van der Waals surface area contributed by atoms with Gasteiger partial charge in [0, 0.05) is 5.38 Å². The largest absolute Gasteiger partial charge is 0.250 e. The van der Waals surface area contributed by atoms with E-state index in [0.717, 1.165) is 5.92 Å². The van der Waals surface area contributed by atoms with E-state index in [1.54, 1.807) is 11.3 Å². The number of nitrogens with zero attached hydrogens (tertiary/aromatic N) is 1. The van der Waals surface area contributed by atoms with Gasteiger partial charge in [-0.3, -0.25) is 0 Å². The molecule has 1 heterocycles. The highest BCUT2D eigenvalue weighted by molar-refractivity contribution is 7.07. The van der Waals surface area contributed by atoms with Gasteiger partial charge >= 0.3 is 0 Å². The van der Waals surface area contributed by atoms with Crippen LogP contribution in [-0.2, 0) is 6.42 Å². The molecule has 1 saturated carbocycles. The highest BCUT2D eigenvalue weighted by Gasteiger charge is 2.15. The van der Waals surface area contributed by atoms with Gasteiger partial charge in [0.25, 0.3) is 0 Å². The molecule has 2 rings (SSSR count). The number of thiazole rings is 1. The van der Waals surface area contributed by atoms with Crippen LogP contribution in [0.1, 0.15) is 31.4 Å². The molecule has 1 fully saturated rings. The Balaban J connectivity index is 1.90. The number of rotatable bonds is 2. The Kier molecular flexibility index (Phi) is 2.22. The van der Waals surface area contributed by atoms with Crippen molar-refractivity contribution in [3.63, 3.8) is 0 Å². The van der Waals surface area contributed by atoms with Gasteiger partial charge < -0.3 is 0 Å². The monoisotopic (exact) mass is 167 g/mol. The third-order valence-corrected chi connectivity index (χ3v) is 3.09.